The lowest BCUT2D eigenvalue weighted by Crippen LogP contribution is -2.28. The number of nitrogens with zero attached hydrogens (tertiary/aromatic N) is 1. The SMILES string of the molecule is COC(=O)C1=CC(C)C=CC(C(=O)OC(C)(C)C)=N1. The van der Waals surface area contributed by atoms with Crippen LogP contribution in [0.25, 0.3) is 0 Å². The van der Waals surface area contributed by atoms with Crippen molar-refractivity contribution in [3.63, 3.8) is 0 Å². The third-order valence-electron chi connectivity index (χ3n) is 2.22. The summed E-state index contributed by atoms with van der Waals surface area (Å²) in [6, 6.07) is 0. The van der Waals surface area contributed by atoms with Crippen molar-refractivity contribution in [1.82, 2.24) is 0 Å². The lowest BCUT2D eigenvalue weighted by atomic mass is 10.1. The summed E-state index contributed by atoms with van der Waals surface area (Å²) in [5, 5.41) is 0. The number of esters is 2. The van der Waals surface area contributed by atoms with Crippen molar-refractivity contribution >= 4 is 17.7 Å². The van der Waals surface area contributed by atoms with Crippen molar-refractivity contribution in [3.8, 4) is 0 Å². The third-order valence-corrected chi connectivity index (χ3v) is 2.22. The highest BCUT2D eigenvalue weighted by molar-refractivity contribution is 6.41. The van der Waals surface area contributed by atoms with Gasteiger partial charge in [0.2, 0.25) is 0 Å². The highest BCUT2D eigenvalue weighted by Crippen LogP contribution is 2.15. The standard InChI is InChI=1S/C14H19NO4/c1-9-6-7-10(13(17)19-14(2,3)4)15-11(8-9)12(16)18-5/h6-9H,1-5H3. The lowest BCUT2D eigenvalue weighted by molar-refractivity contribution is -0.146. The summed E-state index contributed by atoms with van der Waals surface area (Å²) in [5.41, 5.74) is -0.405. The maximum atomic E-state index is 11.9. The van der Waals surface area contributed by atoms with E-state index in [1.165, 1.54) is 7.11 Å². The van der Waals surface area contributed by atoms with E-state index in [4.69, 9.17) is 4.74 Å². The molecule has 19 heavy (non-hydrogen) atoms. The molecule has 0 saturated heterocycles. The molecule has 1 heterocycles. The molecule has 1 aliphatic rings. The van der Waals surface area contributed by atoms with Crippen LogP contribution in [0.1, 0.15) is 27.7 Å². The molecule has 0 N–H and O–H groups in total. The van der Waals surface area contributed by atoms with E-state index in [0.29, 0.717) is 0 Å². The van der Waals surface area contributed by atoms with E-state index in [1.54, 1.807) is 39.0 Å². The summed E-state index contributed by atoms with van der Waals surface area (Å²) < 4.78 is 9.86. The summed E-state index contributed by atoms with van der Waals surface area (Å²) in [6.45, 7) is 7.19. The average molecular weight is 265 g/mol. The molecule has 104 valence electrons. The normalized spacial score (nSPS) is 19.1. The first-order valence-corrected chi connectivity index (χ1v) is 6.03. The Morgan fingerprint density at radius 1 is 1.26 bits per heavy atom. The Balaban J connectivity index is 3.03. The summed E-state index contributed by atoms with van der Waals surface area (Å²) in [6.07, 6.45) is 4.98. The Bertz CT molecular complexity index is 466. The minimum Gasteiger partial charge on any atom is -0.464 e. The number of hydrogen-bond acceptors (Lipinski definition) is 5. The Morgan fingerprint density at radius 2 is 1.89 bits per heavy atom. The van der Waals surface area contributed by atoms with Gasteiger partial charge in [0, 0.05) is 0 Å². The summed E-state index contributed by atoms with van der Waals surface area (Å²) in [7, 11) is 1.27. The highest BCUT2D eigenvalue weighted by atomic mass is 16.6. The lowest BCUT2D eigenvalue weighted by Gasteiger charge is -2.19. The molecule has 1 atom stereocenters. The van der Waals surface area contributed by atoms with Gasteiger partial charge in [-0.05, 0) is 38.8 Å². The molecule has 0 radical (unpaired) electrons. The van der Waals surface area contributed by atoms with Gasteiger partial charge in [-0.3, -0.25) is 0 Å². The fraction of sp³-hybridized carbons (Fsp3) is 0.500. The van der Waals surface area contributed by atoms with Crippen LogP contribution in [-0.2, 0) is 19.1 Å². The first-order chi connectivity index (χ1) is 8.73. The minimum absolute atomic E-state index is 0.0159. The molecule has 0 spiro atoms. The molecular formula is C14H19NO4. The van der Waals surface area contributed by atoms with Crippen LogP contribution in [0.4, 0.5) is 0 Å². The van der Waals surface area contributed by atoms with Crippen LogP contribution < -0.4 is 0 Å². The van der Waals surface area contributed by atoms with Crippen molar-refractivity contribution in [2.24, 2.45) is 10.9 Å². The molecule has 5 heteroatoms. The van der Waals surface area contributed by atoms with E-state index in [1.807, 2.05) is 6.92 Å². The van der Waals surface area contributed by atoms with Crippen LogP contribution in [0.3, 0.4) is 0 Å². The zero-order chi connectivity index (χ0) is 14.6. The van der Waals surface area contributed by atoms with Gasteiger partial charge < -0.3 is 9.47 Å². The van der Waals surface area contributed by atoms with Gasteiger partial charge in [-0.15, -0.1) is 0 Å². The molecule has 0 fully saturated rings. The smallest absolute Gasteiger partial charge is 0.357 e. The largest absolute Gasteiger partial charge is 0.464 e. The van der Waals surface area contributed by atoms with E-state index in [-0.39, 0.29) is 17.3 Å². The van der Waals surface area contributed by atoms with E-state index < -0.39 is 17.5 Å². The topological polar surface area (TPSA) is 65.0 Å². The van der Waals surface area contributed by atoms with Crippen LogP contribution in [0.2, 0.25) is 0 Å². The van der Waals surface area contributed by atoms with Gasteiger partial charge >= 0.3 is 11.9 Å². The van der Waals surface area contributed by atoms with Gasteiger partial charge in [0.15, 0.2) is 0 Å². The van der Waals surface area contributed by atoms with Crippen LogP contribution in [0, 0.1) is 5.92 Å². The monoisotopic (exact) mass is 265 g/mol. The first-order valence-electron chi connectivity index (χ1n) is 6.03. The predicted octanol–water partition coefficient (Wildman–Crippen LogP) is 2.03. The zero-order valence-corrected chi connectivity index (χ0v) is 11.9. The zero-order valence-electron chi connectivity index (χ0n) is 11.9. The molecule has 0 aromatic heterocycles. The fourth-order valence-corrected chi connectivity index (χ4v) is 1.41. The van der Waals surface area contributed by atoms with Crippen LogP contribution >= 0.6 is 0 Å². The number of aliphatic imine (C=N–C) groups is 1. The molecule has 1 rings (SSSR count). The molecule has 1 unspecified atom stereocenters. The number of carbonyl (C=O) groups excluding carboxylic acids is 2. The second kappa shape index (κ2) is 5.82. The second-order valence-corrected chi connectivity index (χ2v) is 5.26. The van der Waals surface area contributed by atoms with Crippen molar-refractivity contribution in [3.05, 3.63) is 23.9 Å². The summed E-state index contributed by atoms with van der Waals surface area (Å²) in [5.74, 6) is -1.15. The fourth-order valence-electron chi connectivity index (χ4n) is 1.41. The van der Waals surface area contributed by atoms with Gasteiger partial charge in [0.05, 0.1) is 7.11 Å². The van der Waals surface area contributed by atoms with Crippen LogP contribution in [-0.4, -0.2) is 30.4 Å². The van der Waals surface area contributed by atoms with Crippen molar-refractivity contribution < 1.29 is 19.1 Å². The van der Waals surface area contributed by atoms with E-state index in [0.717, 1.165) is 0 Å². The molecule has 0 aromatic carbocycles. The Morgan fingerprint density at radius 3 is 2.42 bits per heavy atom. The molecule has 0 bridgehead atoms. The summed E-state index contributed by atoms with van der Waals surface area (Å²) >= 11 is 0. The number of methoxy groups -OCH3 is 1. The van der Waals surface area contributed by atoms with Gasteiger partial charge in [0.1, 0.15) is 17.0 Å². The van der Waals surface area contributed by atoms with Crippen LogP contribution in [0.15, 0.2) is 28.9 Å². The number of ether oxygens (including phenoxy) is 2. The molecule has 0 saturated carbocycles. The van der Waals surface area contributed by atoms with Gasteiger partial charge in [-0.2, -0.15) is 0 Å². The number of rotatable bonds is 2. The maximum absolute atomic E-state index is 11.9. The van der Waals surface area contributed by atoms with Crippen LogP contribution in [0.5, 0.6) is 0 Å². The third kappa shape index (κ3) is 4.69. The average Bonchev–Trinajstić information content (AvgIpc) is 2.48. The molecular weight excluding hydrogens is 246 g/mol. The number of allylic oxidation sites excluding steroid dienone is 2. The molecule has 0 aromatic rings. The maximum Gasteiger partial charge on any atom is 0.357 e. The van der Waals surface area contributed by atoms with Gasteiger partial charge in [0.25, 0.3) is 0 Å². The van der Waals surface area contributed by atoms with Gasteiger partial charge in [-0.1, -0.05) is 13.0 Å². The molecule has 1 aliphatic heterocycles. The Hall–Kier alpha value is -1.91. The molecule has 0 aliphatic carbocycles. The molecule has 5 nitrogen and oxygen atoms in total. The van der Waals surface area contributed by atoms with Crippen molar-refractivity contribution in [2.75, 3.05) is 7.11 Å². The van der Waals surface area contributed by atoms with Crippen molar-refractivity contribution in [2.45, 2.75) is 33.3 Å². The number of carbonyl (C=O) groups is 2. The highest BCUT2D eigenvalue weighted by Gasteiger charge is 2.22. The molecule has 0 amide bonds. The second-order valence-electron chi connectivity index (χ2n) is 5.26. The number of hydrogen-bond donors (Lipinski definition) is 0. The van der Waals surface area contributed by atoms with E-state index in [2.05, 4.69) is 9.73 Å². The van der Waals surface area contributed by atoms with Crippen molar-refractivity contribution in [1.29, 1.82) is 0 Å². The predicted molar refractivity (Wildman–Crippen MR) is 71.7 cm³/mol. The Kier molecular flexibility index (Phi) is 4.64. The summed E-state index contributed by atoms with van der Waals surface area (Å²) in [4.78, 5) is 27.5. The quantitative estimate of drug-likeness (QED) is 0.717. The van der Waals surface area contributed by atoms with E-state index in [9.17, 15) is 9.59 Å². The minimum atomic E-state index is -0.611. The first kappa shape index (κ1) is 15.1. The van der Waals surface area contributed by atoms with E-state index >= 15 is 0 Å². The Labute approximate surface area is 113 Å². The van der Waals surface area contributed by atoms with Gasteiger partial charge in [-0.25, -0.2) is 14.6 Å².